The first-order chi connectivity index (χ1) is 9.61. The van der Waals surface area contributed by atoms with E-state index in [9.17, 15) is 4.39 Å². The van der Waals surface area contributed by atoms with Crippen molar-refractivity contribution in [3.8, 4) is 11.4 Å². The number of hydrogen-bond acceptors (Lipinski definition) is 3. The number of halogens is 2. The minimum absolute atomic E-state index is 0.203. The molecule has 0 saturated heterocycles. The Morgan fingerprint density at radius 1 is 1.30 bits per heavy atom. The molecule has 0 spiro atoms. The SMILES string of the molecule is COc1cc(-n2c(N)nc3c(F)cccc32)ccc1Cl. The standard InChI is InChI=1S/C14H11ClFN3O/c1-20-12-7-8(5-6-9(12)15)19-11-4-2-3-10(16)13(11)18-14(19)17/h2-7H,1H3,(H2,17,18). The molecule has 1 heterocycles. The summed E-state index contributed by atoms with van der Waals surface area (Å²) in [6.45, 7) is 0. The van der Waals surface area contributed by atoms with E-state index in [4.69, 9.17) is 22.1 Å². The molecule has 2 N–H and O–H groups in total. The normalized spacial score (nSPS) is 10.9. The first-order valence-electron chi connectivity index (χ1n) is 5.88. The third-order valence-electron chi connectivity index (χ3n) is 3.05. The van der Waals surface area contributed by atoms with E-state index in [1.807, 2.05) is 0 Å². The molecule has 1 aromatic heterocycles. The number of para-hydroxylation sites is 1. The lowest BCUT2D eigenvalue weighted by molar-refractivity contribution is 0.415. The zero-order valence-electron chi connectivity index (χ0n) is 10.6. The molecule has 4 nitrogen and oxygen atoms in total. The van der Waals surface area contributed by atoms with Crippen molar-refractivity contribution in [1.82, 2.24) is 9.55 Å². The molecule has 0 atom stereocenters. The van der Waals surface area contributed by atoms with Gasteiger partial charge in [0.25, 0.3) is 0 Å². The molecule has 0 saturated carbocycles. The molecule has 0 radical (unpaired) electrons. The van der Waals surface area contributed by atoms with Gasteiger partial charge in [0.1, 0.15) is 11.3 Å². The third-order valence-corrected chi connectivity index (χ3v) is 3.37. The minimum Gasteiger partial charge on any atom is -0.495 e. The van der Waals surface area contributed by atoms with Gasteiger partial charge >= 0.3 is 0 Å². The highest BCUT2D eigenvalue weighted by Gasteiger charge is 2.14. The molecular weight excluding hydrogens is 281 g/mol. The second-order valence-corrected chi connectivity index (χ2v) is 4.64. The minimum atomic E-state index is -0.408. The molecule has 0 aliphatic carbocycles. The fourth-order valence-corrected chi connectivity index (χ4v) is 2.34. The van der Waals surface area contributed by atoms with Gasteiger partial charge in [0, 0.05) is 6.07 Å². The Balaban J connectivity index is 2.29. The Morgan fingerprint density at radius 3 is 2.85 bits per heavy atom. The monoisotopic (exact) mass is 291 g/mol. The number of aromatic nitrogens is 2. The maximum atomic E-state index is 13.7. The van der Waals surface area contributed by atoms with Crippen molar-refractivity contribution in [3.05, 3.63) is 47.2 Å². The molecule has 3 rings (SSSR count). The van der Waals surface area contributed by atoms with Crippen LogP contribution in [0.4, 0.5) is 10.3 Å². The molecule has 2 aromatic carbocycles. The Labute approximate surface area is 119 Å². The van der Waals surface area contributed by atoms with Crippen LogP contribution < -0.4 is 10.5 Å². The van der Waals surface area contributed by atoms with E-state index in [2.05, 4.69) is 4.98 Å². The fraction of sp³-hybridized carbons (Fsp3) is 0.0714. The summed E-state index contributed by atoms with van der Waals surface area (Å²) in [7, 11) is 1.53. The van der Waals surface area contributed by atoms with Crippen LogP contribution in [0.1, 0.15) is 0 Å². The van der Waals surface area contributed by atoms with E-state index in [-0.39, 0.29) is 11.5 Å². The number of benzene rings is 2. The summed E-state index contributed by atoms with van der Waals surface area (Å²) < 4.78 is 20.6. The number of nitrogen functional groups attached to an aromatic ring is 1. The van der Waals surface area contributed by atoms with Gasteiger partial charge in [-0.25, -0.2) is 9.37 Å². The Kier molecular flexibility index (Phi) is 2.99. The summed E-state index contributed by atoms with van der Waals surface area (Å²) >= 11 is 6.00. The number of ether oxygens (including phenoxy) is 1. The van der Waals surface area contributed by atoms with Crippen LogP contribution in [0.25, 0.3) is 16.7 Å². The summed E-state index contributed by atoms with van der Waals surface area (Å²) in [5, 5.41) is 0.491. The largest absolute Gasteiger partial charge is 0.495 e. The molecule has 102 valence electrons. The highest BCUT2D eigenvalue weighted by atomic mass is 35.5. The van der Waals surface area contributed by atoms with Gasteiger partial charge in [-0.1, -0.05) is 17.7 Å². The van der Waals surface area contributed by atoms with E-state index < -0.39 is 5.82 Å². The Bertz CT molecular complexity index is 800. The van der Waals surface area contributed by atoms with E-state index >= 15 is 0 Å². The van der Waals surface area contributed by atoms with Gasteiger partial charge in [0.2, 0.25) is 5.95 Å². The molecule has 0 bridgehead atoms. The van der Waals surface area contributed by atoms with Crippen molar-refractivity contribution < 1.29 is 9.13 Å². The number of methoxy groups -OCH3 is 1. The van der Waals surface area contributed by atoms with Crippen molar-refractivity contribution in [2.75, 3.05) is 12.8 Å². The zero-order chi connectivity index (χ0) is 14.3. The first kappa shape index (κ1) is 12.7. The average molecular weight is 292 g/mol. The number of fused-ring (bicyclic) bond motifs is 1. The lowest BCUT2D eigenvalue weighted by atomic mass is 10.2. The lowest BCUT2D eigenvalue weighted by Gasteiger charge is -2.09. The van der Waals surface area contributed by atoms with Gasteiger partial charge in [0.15, 0.2) is 5.82 Å². The van der Waals surface area contributed by atoms with Crippen LogP contribution in [-0.2, 0) is 0 Å². The van der Waals surface area contributed by atoms with E-state index in [0.29, 0.717) is 22.0 Å². The molecule has 0 unspecified atom stereocenters. The number of nitrogens with zero attached hydrogens (tertiary/aromatic N) is 2. The van der Waals surface area contributed by atoms with E-state index in [1.165, 1.54) is 13.2 Å². The number of anilines is 1. The lowest BCUT2D eigenvalue weighted by Crippen LogP contribution is -2.01. The van der Waals surface area contributed by atoms with Crippen molar-refractivity contribution in [2.45, 2.75) is 0 Å². The van der Waals surface area contributed by atoms with Crippen LogP contribution in [-0.4, -0.2) is 16.7 Å². The van der Waals surface area contributed by atoms with E-state index in [0.717, 1.165) is 0 Å². The molecule has 0 aliphatic heterocycles. The Morgan fingerprint density at radius 2 is 2.10 bits per heavy atom. The van der Waals surface area contributed by atoms with Gasteiger partial charge in [0.05, 0.1) is 23.3 Å². The van der Waals surface area contributed by atoms with Gasteiger partial charge in [-0.15, -0.1) is 0 Å². The van der Waals surface area contributed by atoms with Gasteiger partial charge in [-0.2, -0.15) is 0 Å². The molecule has 6 heteroatoms. The second kappa shape index (κ2) is 4.68. The molecule has 0 amide bonds. The maximum absolute atomic E-state index is 13.7. The third kappa shape index (κ3) is 1.87. The summed E-state index contributed by atoms with van der Waals surface area (Å²) in [6.07, 6.45) is 0. The van der Waals surface area contributed by atoms with Crippen molar-refractivity contribution in [2.24, 2.45) is 0 Å². The van der Waals surface area contributed by atoms with Crippen LogP contribution in [0.2, 0.25) is 5.02 Å². The average Bonchev–Trinajstić information content (AvgIpc) is 2.77. The summed E-state index contributed by atoms with van der Waals surface area (Å²) in [5.74, 6) is 0.310. The zero-order valence-corrected chi connectivity index (χ0v) is 11.4. The predicted octanol–water partition coefficient (Wildman–Crippen LogP) is 3.41. The van der Waals surface area contributed by atoms with Crippen LogP contribution in [0, 0.1) is 5.82 Å². The topological polar surface area (TPSA) is 53.1 Å². The van der Waals surface area contributed by atoms with Crippen LogP contribution in [0.15, 0.2) is 36.4 Å². The fourth-order valence-electron chi connectivity index (χ4n) is 2.14. The molecule has 3 aromatic rings. The quantitative estimate of drug-likeness (QED) is 0.787. The van der Waals surface area contributed by atoms with E-state index in [1.54, 1.807) is 34.9 Å². The predicted molar refractivity (Wildman–Crippen MR) is 77.0 cm³/mol. The maximum Gasteiger partial charge on any atom is 0.206 e. The molecule has 20 heavy (non-hydrogen) atoms. The first-order valence-corrected chi connectivity index (χ1v) is 6.26. The van der Waals surface area contributed by atoms with Crippen LogP contribution in [0.5, 0.6) is 5.75 Å². The highest BCUT2D eigenvalue weighted by Crippen LogP contribution is 2.30. The smallest absolute Gasteiger partial charge is 0.206 e. The Hall–Kier alpha value is -2.27. The van der Waals surface area contributed by atoms with Crippen LogP contribution in [0.3, 0.4) is 0 Å². The summed E-state index contributed by atoms with van der Waals surface area (Å²) in [4.78, 5) is 4.06. The van der Waals surface area contributed by atoms with Crippen molar-refractivity contribution >= 4 is 28.6 Å². The number of rotatable bonds is 2. The molecule has 0 aliphatic rings. The van der Waals surface area contributed by atoms with Gasteiger partial charge in [-0.3, -0.25) is 4.57 Å². The molecular formula is C14H11ClFN3O. The van der Waals surface area contributed by atoms with Crippen LogP contribution >= 0.6 is 11.6 Å². The summed E-state index contributed by atoms with van der Waals surface area (Å²) in [5.41, 5.74) is 7.43. The number of nitrogens with two attached hydrogens (primary N) is 1. The summed E-state index contributed by atoms with van der Waals surface area (Å²) in [6, 6.07) is 9.91. The van der Waals surface area contributed by atoms with Gasteiger partial charge in [-0.05, 0) is 24.3 Å². The molecule has 0 fully saturated rings. The van der Waals surface area contributed by atoms with Crippen molar-refractivity contribution in [1.29, 1.82) is 0 Å². The second-order valence-electron chi connectivity index (χ2n) is 4.23. The highest BCUT2D eigenvalue weighted by molar-refractivity contribution is 6.32. The van der Waals surface area contributed by atoms with Gasteiger partial charge < -0.3 is 10.5 Å². The number of imidazole rings is 1. The van der Waals surface area contributed by atoms with Crippen molar-refractivity contribution in [3.63, 3.8) is 0 Å². The number of hydrogen-bond donors (Lipinski definition) is 1.